The Labute approximate surface area is 248 Å². The third-order valence-electron chi connectivity index (χ3n) is 6.82. The van der Waals surface area contributed by atoms with Crippen molar-refractivity contribution in [2.75, 3.05) is 45.3 Å². The molecule has 2 aromatic rings. The van der Waals surface area contributed by atoms with Gasteiger partial charge in [0.2, 0.25) is 0 Å². The molecule has 4 rings (SSSR count). The zero-order valence-electron chi connectivity index (χ0n) is 26.1. The number of nitrogens with one attached hydrogen (secondary N) is 2. The summed E-state index contributed by atoms with van der Waals surface area (Å²) < 4.78 is 10.5. The maximum atomic E-state index is 6.15. The number of hydrogen-bond acceptors (Lipinski definition) is 8. The van der Waals surface area contributed by atoms with Crippen molar-refractivity contribution in [3.63, 3.8) is 0 Å². The third kappa shape index (κ3) is 12.1. The Balaban J connectivity index is 0.000000237. The number of anilines is 1. The summed E-state index contributed by atoms with van der Waals surface area (Å²) in [5.74, 6) is 2.44. The van der Waals surface area contributed by atoms with E-state index in [0.29, 0.717) is 5.84 Å². The first-order valence-corrected chi connectivity index (χ1v) is 14.9. The SMILES string of the molecule is C=C1NC=CN=C1Nc1cc(C)c(C(N)CCC)cn1.CCCN1CCOCC1.CCCc1ccc(C)cc1OC. The minimum absolute atomic E-state index is 0.0492. The molecule has 1 fully saturated rings. The van der Waals surface area contributed by atoms with E-state index in [9.17, 15) is 0 Å². The molecular formula is C33H52N6O2. The van der Waals surface area contributed by atoms with Crippen molar-refractivity contribution in [1.82, 2.24) is 15.2 Å². The van der Waals surface area contributed by atoms with E-state index in [0.717, 1.165) is 74.0 Å². The second kappa shape index (κ2) is 19.0. The van der Waals surface area contributed by atoms with Crippen molar-refractivity contribution in [1.29, 1.82) is 0 Å². The Morgan fingerprint density at radius 1 is 1.12 bits per heavy atom. The number of rotatable bonds is 9. The summed E-state index contributed by atoms with van der Waals surface area (Å²) in [6.07, 6.45) is 10.8. The molecule has 0 spiro atoms. The fourth-order valence-electron chi connectivity index (χ4n) is 4.58. The predicted octanol–water partition coefficient (Wildman–Crippen LogP) is 6.27. The van der Waals surface area contributed by atoms with E-state index < -0.39 is 0 Å². The van der Waals surface area contributed by atoms with E-state index in [1.54, 1.807) is 19.5 Å². The summed E-state index contributed by atoms with van der Waals surface area (Å²) in [7, 11) is 1.73. The van der Waals surface area contributed by atoms with Crippen LogP contribution in [0.1, 0.15) is 74.8 Å². The molecule has 0 bridgehead atoms. The number of nitrogens with zero attached hydrogens (tertiary/aromatic N) is 3. The summed E-state index contributed by atoms with van der Waals surface area (Å²) in [6.45, 7) is 19.9. The number of aliphatic imine (C=N–C) groups is 1. The van der Waals surface area contributed by atoms with Gasteiger partial charge in [0.15, 0.2) is 5.84 Å². The second-order valence-corrected chi connectivity index (χ2v) is 10.4. The van der Waals surface area contributed by atoms with Gasteiger partial charge in [-0.25, -0.2) is 9.98 Å². The van der Waals surface area contributed by atoms with Gasteiger partial charge in [-0.1, -0.05) is 52.3 Å². The standard InChI is InChI=1S/C15H21N5.C11H16O.C7H15NO/c1-4-5-13(16)12-9-19-14(8-10(12)2)20-15-11(3)17-6-7-18-15;1-4-5-10-7-6-9(2)8-11(10)12-3;1-2-3-8-4-6-9-7-5-8/h6-9,13,17H,3-5,16H2,1-2H3,(H,18,19,20);6-8H,4-5H2,1-3H3;2-7H2,1H3. The summed E-state index contributed by atoms with van der Waals surface area (Å²) in [5, 5.41) is 6.15. The lowest BCUT2D eigenvalue weighted by Crippen LogP contribution is -2.36. The Morgan fingerprint density at radius 2 is 1.88 bits per heavy atom. The highest BCUT2D eigenvalue weighted by molar-refractivity contribution is 6.07. The highest BCUT2D eigenvalue weighted by Crippen LogP contribution is 2.22. The first kappa shape index (κ1) is 34.0. The van der Waals surface area contributed by atoms with Crippen LogP contribution in [0.4, 0.5) is 5.82 Å². The van der Waals surface area contributed by atoms with Crippen LogP contribution in [0.15, 0.2) is 60.1 Å². The van der Waals surface area contributed by atoms with Gasteiger partial charge in [-0.2, -0.15) is 0 Å². The molecule has 2 aliphatic heterocycles. The predicted molar refractivity (Wildman–Crippen MR) is 173 cm³/mol. The lowest BCUT2D eigenvalue weighted by Gasteiger charge is -2.25. The Bertz CT molecular complexity index is 1120. The van der Waals surface area contributed by atoms with E-state index in [4.69, 9.17) is 15.2 Å². The quantitative estimate of drug-likeness (QED) is 0.330. The van der Waals surface area contributed by atoms with Gasteiger partial charge in [-0.05, 0) is 74.0 Å². The fraction of sp³-hybridized carbons (Fsp3) is 0.515. The number of amidine groups is 1. The number of pyridine rings is 1. The zero-order valence-corrected chi connectivity index (χ0v) is 26.1. The van der Waals surface area contributed by atoms with Gasteiger partial charge in [-0.15, -0.1) is 0 Å². The van der Waals surface area contributed by atoms with E-state index in [-0.39, 0.29) is 6.04 Å². The van der Waals surface area contributed by atoms with Crippen LogP contribution in [0, 0.1) is 13.8 Å². The van der Waals surface area contributed by atoms with Gasteiger partial charge in [0.25, 0.3) is 0 Å². The van der Waals surface area contributed by atoms with Crippen LogP contribution < -0.4 is 21.1 Å². The monoisotopic (exact) mass is 564 g/mol. The summed E-state index contributed by atoms with van der Waals surface area (Å²) >= 11 is 0. The lowest BCUT2D eigenvalue weighted by molar-refractivity contribution is 0.0380. The first-order valence-electron chi connectivity index (χ1n) is 14.9. The molecule has 1 unspecified atom stereocenters. The molecule has 1 aromatic carbocycles. The number of morpholine rings is 1. The van der Waals surface area contributed by atoms with Crippen LogP contribution in [0.25, 0.3) is 0 Å². The fourth-order valence-corrected chi connectivity index (χ4v) is 4.58. The number of nitrogens with two attached hydrogens (primary N) is 1. The molecule has 1 saturated heterocycles. The van der Waals surface area contributed by atoms with Crippen LogP contribution >= 0.6 is 0 Å². The molecule has 0 saturated carbocycles. The maximum Gasteiger partial charge on any atom is 0.154 e. The lowest BCUT2D eigenvalue weighted by atomic mass is 10.0. The molecule has 3 heterocycles. The molecule has 0 aliphatic carbocycles. The van der Waals surface area contributed by atoms with Crippen molar-refractivity contribution < 1.29 is 9.47 Å². The number of hydrogen-bond donors (Lipinski definition) is 3. The van der Waals surface area contributed by atoms with E-state index in [2.05, 4.69) is 78.0 Å². The minimum atomic E-state index is 0.0492. The molecular weight excluding hydrogens is 512 g/mol. The van der Waals surface area contributed by atoms with Crippen LogP contribution in [0.2, 0.25) is 0 Å². The smallest absolute Gasteiger partial charge is 0.154 e. The summed E-state index contributed by atoms with van der Waals surface area (Å²) in [6, 6.07) is 8.41. The highest BCUT2D eigenvalue weighted by Gasteiger charge is 2.12. The average Bonchev–Trinajstić information content (AvgIpc) is 2.97. The Morgan fingerprint density at radius 3 is 2.49 bits per heavy atom. The molecule has 0 amide bonds. The molecule has 8 heteroatoms. The number of aryl methyl sites for hydroxylation is 3. The van der Waals surface area contributed by atoms with E-state index >= 15 is 0 Å². The van der Waals surface area contributed by atoms with Crippen molar-refractivity contribution in [3.8, 4) is 5.75 Å². The van der Waals surface area contributed by atoms with Crippen molar-refractivity contribution in [2.24, 2.45) is 10.7 Å². The average molecular weight is 565 g/mol. The molecule has 41 heavy (non-hydrogen) atoms. The number of aromatic nitrogens is 1. The summed E-state index contributed by atoms with van der Waals surface area (Å²) in [4.78, 5) is 11.1. The molecule has 2 aliphatic rings. The number of benzene rings is 1. The van der Waals surface area contributed by atoms with Gasteiger partial charge in [0.1, 0.15) is 11.6 Å². The van der Waals surface area contributed by atoms with Crippen molar-refractivity contribution >= 4 is 11.7 Å². The maximum absolute atomic E-state index is 6.15. The first-order chi connectivity index (χ1) is 19.8. The number of ether oxygens (including phenoxy) is 2. The molecule has 8 nitrogen and oxygen atoms in total. The highest BCUT2D eigenvalue weighted by atomic mass is 16.5. The Kier molecular flexibility index (Phi) is 15.8. The van der Waals surface area contributed by atoms with Crippen LogP contribution in [-0.4, -0.2) is 55.7 Å². The summed E-state index contributed by atoms with van der Waals surface area (Å²) in [5.41, 5.74) is 11.7. The van der Waals surface area contributed by atoms with E-state index in [1.165, 1.54) is 30.5 Å². The van der Waals surface area contributed by atoms with Gasteiger partial charge >= 0.3 is 0 Å². The zero-order chi connectivity index (χ0) is 30.0. The van der Waals surface area contributed by atoms with Gasteiger partial charge < -0.3 is 25.8 Å². The largest absolute Gasteiger partial charge is 0.496 e. The molecule has 0 radical (unpaired) electrons. The van der Waals surface area contributed by atoms with Gasteiger partial charge in [0, 0.05) is 37.7 Å². The van der Waals surface area contributed by atoms with Gasteiger partial charge in [-0.3, -0.25) is 4.90 Å². The van der Waals surface area contributed by atoms with Crippen LogP contribution in [0.5, 0.6) is 5.75 Å². The van der Waals surface area contributed by atoms with E-state index in [1.807, 2.05) is 19.2 Å². The molecule has 4 N–H and O–H groups in total. The van der Waals surface area contributed by atoms with Gasteiger partial charge in [0.05, 0.1) is 26.0 Å². The minimum Gasteiger partial charge on any atom is -0.496 e. The van der Waals surface area contributed by atoms with Crippen LogP contribution in [0.3, 0.4) is 0 Å². The molecule has 226 valence electrons. The third-order valence-corrected chi connectivity index (χ3v) is 6.82. The topological polar surface area (TPSA) is 97.0 Å². The normalized spacial score (nSPS) is 15.4. The van der Waals surface area contributed by atoms with Crippen molar-refractivity contribution in [2.45, 2.75) is 72.8 Å². The van der Waals surface area contributed by atoms with Crippen molar-refractivity contribution in [3.05, 3.63) is 77.4 Å². The Hall–Kier alpha value is -3.20. The number of methoxy groups -OCH3 is 1. The van der Waals surface area contributed by atoms with Crippen LogP contribution in [-0.2, 0) is 11.2 Å². The second-order valence-electron chi connectivity index (χ2n) is 10.4. The molecule has 1 atom stereocenters. The molecule has 1 aromatic heterocycles.